The van der Waals surface area contributed by atoms with Gasteiger partial charge in [-0.15, -0.1) is 0 Å². The molecule has 1 aliphatic rings. The van der Waals surface area contributed by atoms with Crippen molar-refractivity contribution < 1.29 is 23.8 Å². The number of halogens is 1. The minimum atomic E-state index is -1.31. The Kier molecular flexibility index (Phi) is 2.09. The molecule has 1 aliphatic heterocycles. The third kappa shape index (κ3) is 1.31. The summed E-state index contributed by atoms with van der Waals surface area (Å²) >= 11 is 0. The van der Waals surface area contributed by atoms with E-state index in [0.29, 0.717) is 5.56 Å². The monoisotopic (exact) mass is 198 g/mol. The van der Waals surface area contributed by atoms with E-state index in [0.717, 1.165) is 0 Å². The standard InChI is InChI=1S/C9H7FO4/c10-7-6(9(11)12)2-1-5-3-13-4-14-8(5)7/h1-2H,3-4H2,(H,11,12). The molecule has 1 N–H and O–H groups in total. The van der Waals surface area contributed by atoms with E-state index >= 15 is 0 Å². The van der Waals surface area contributed by atoms with Gasteiger partial charge in [0.15, 0.2) is 18.4 Å². The number of ether oxygens (including phenoxy) is 2. The molecule has 0 saturated carbocycles. The van der Waals surface area contributed by atoms with Crippen LogP contribution >= 0.6 is 0 Å². The second kappa shape index (κ2) is 3.26. The van der Waals surface area contributed by atoms with Gasteiger partial charge in [0.2, 0.25) is 0 Å². The Morgan fingerprint density at radius 3 is 3.00 bits per heavy atom. The molecule has 1 heterocycles. The van der Waals surface area contributed by atoms with Crippen LogP contribution in [0.4, 0.5) is 4.39 Å². The van der Waals surface area contributed by atoms with Crippen LogP contribution in [0, 0.1) is 5.82 Å². The van der Waals surface area contributed by atoms with Gasteiger partial charge in [0.1, 0.15) is 0 Å². The van der Waals surface area contributed by atoms with Gasteiger partial charge in [-0.3, -0.25) is 0 Å². The van der Waals surface area contributed by atoms with E-state index < -0.39 is 11.8 Å². The van der Waals surface area contributed by atoms with E-state index in [1.54, 1.807) is 0 Å². The average molecular weight is 198 g/mol. The second-order valence-electron chi connectivity index (χ2n) is 2.83. The van der Waals surface area contributed by atoms with Gasteiger partial charge in [-0.1, -0.05) is 6.07 Å². The van der Waals surface area contributed by atoms with E-state index in [-0.39, 0.29) is 24.7 Å². The third-order valence-corrected chi connectivity index (χ3v) is 1.95. The van der Waals surface area contributed by atoms with Crippen LogP contribution in [0.2, 0.25) is 0 Å². The van der Waals surface area contributed by atoms with Gasteiger partial charge in [0, 0.05) is 5.56 Å². The lowest BCUT2D eigenvalue weighted by Gasteiger charge is -2.18. The molecule has 0 amide bonds. The Morgan fingerprint density at radius 1 is 1.50 bits per heavy atom. The quantitative estimate of drug-likeness (QED) is 0.740. The topological polar surface area (TPSA) is 55.8 Å². The van der Waals surface area contributed by atoms with Crippen LogP contribution in [0.25, 0.3) is 0 Å². The van der Waals surface area contributed by atoms with Gasteiger partial charge in [-0.2, -0.15) is 0 Å². The van der Waals surface area contributed by atoms with Crippen molar-refractivity contribution in [3.63, 3.8) is 0 Å². The summed E-state index contributed by atoms with van der Waals surface area (Å²) < 4.78 is 23.2. The van der Waals surface area contributed by atoms with E-state index in [1.165, 1.54) is 12.1 Å². The van der Waals surface area contributed by atoms with Crippen LogP contribution in [0.1, 0.15) is 15.9 Å². The van der Waals surface area contributed by atoms with Crippen LogP contribution in [-0.4, -0.2) is 17.9 Å². The lowest BCUT2D eigenvalue weighted by atomic mass is 10.1. The molecule has 0 saturated heterocycles. The normalized spacial score (nSPS) is 14.4. The van der Waals surface area contributed by atoms with Gasteiger partial charge in [-0.05, 0) is 6.07 Å². The van der Waals surface area contributed by atoms with Crippen molar-refractivity contribution in [1.82, 2.24) is 0 Å². The van der Waals surface area contributed by atoms with Crippen molar-refractivity contribution in [3.8, 4) is 5.75 Å². The molecule has 0 aromatic heterocycles. The Labute approximate surface area is 78.9 Å². The van der Waals surface area contributed by atoms with E-state index in [2.05, 4.69) is 0 Å². The first-order chi connectivity index (χ1) is 6.70. The molecule has 1 aromatic rings. The summed E-state index contributed by atoms with van der Waals surface area (Å²) in [6, 6.07) is 2.69. The predicted molar refractivity (Wildman–Crippen MR) is 43.6 cm³/mol. The Hall–Kier alpha value is -1.62. The second-order valence-corrected chi connectivity index (χ2v) is 2.83. The lowest BCUT2D eigenvalue weighted by molar-refractivity contribution is -0.0192. The summed E-state index contributed by atoms with van der Waals surface area (Å²) in [5, 5.41) is 8.64. The fraction of sp³-hybridized carbons (Fsp3) is 0.222. The SMILES string of the molecule is O=C(O)c1ccc2c(c1F)OCOC2. The number of benzene rings is 1. The molecule has 0 bridgehead atoms. The third-order valence-electron chi connectivity index (χ3n) is 1.95. The van der Waals surface area contributed by atoms with Crippen LogP contribution in [0.5, 0.6) is 5.75 Å². The molecule has 2 rings (SSSR count). The van der Waals surface area contributed by atoms with E-state index in [1.807, 2.05) is 0 Å². The van der Waals surface area contributed by atoms with Crippen molar-refractivity contribution in [2.45, 2.75) is 6.61 Å². The summed E-state index contributed by atoms with van der Waals surface area (Å²) in [5.41, 5.74) is 0.143. The van der Waals surface area contributed by atoms with Gasteiger partial charge in [0.25, 0.3) is 0 Å². The Morgan fingerprint density at radius 2 is 2.29 bits per heavy atom. The highest BCUT2D eigenvalue weighted by Crippen LogP contribution is 2.29. The zero-order valence-electron chi connectivity index (χ0n) is 7.12. The van der Waals surface area contributed by atoms with Gasteiger partial charge >= 0.3 is 5.97 Å². The summed E-state index contributed by atoms with van der Waals surface area (Å²) in [7, 11) is 0. The zero-order chi connectivity index (χ0) is 10.1. The first kappa shape index (κ1) is 8.96. The molecule has 74 valence electrons. The minimum Gasteiger partial charge on any atom is -0.478 e. The van der Waals surface area contributed by atoms with Crippen molar-refractivity contribution in [2.75, 3.05) is 6.79 Å². The number of rotatable bonds is 1. The zero-order valence-corrected chi connectivity index (χ0v) is 7.12. The van der Waals surface area contributed by atoms with Crippen LogP contribution in [0.3, 0.4) is 0 Å². The molecule has 1 aromatic carbocycles. The number of carbonyl (C=O) groups is 1. The fourth-order valence-corrected chi connectivity index (χ4v) is 1.28. The highest BCUT2D eigenvalue weighted by molar-refractivity contribution is 5.88. The fourth-order valence-electron chi connectivity index (χ4n) is 1.28. The molecular formula is C9H7FO4. The Bertz CT molecular complexity index is 389. The highest BCUT2D eigenvalue weighted by atomic mass is 19.1. The van der Waals surface area contributed by atoms with Crippen molar-refractivity contribution in [3.05, 3.63) is 29.1 Å². The molecule has 0 unspecified atom stereocenters. The van der Waals surface area contributed by atoms with Crippen LogP contribution in [0.15, 0.2) is 12.1 Å². The molecule has 14 heavy (non-hydrogen) atoms. The average Bonchev–Trinajstić information content (AvgIpc) is 2.18. The highest BCUT2D eigenvalue weighted by Gasteiger charge is 2.21. The minimum absolute atomic E-state index is 0.0175. The molecule has 0 radical (unpaired) electrons. The summed E-state index contributed by atoms with van der Waals surface area (Å²) in [4.78, 5) is 10.6. The summed E-state index contributed by atoms with van der Waals surface area (Å²) in [5.74, 6) is -2.16. The molecule has 5 heteroatoms. The maximum atomic E-state index is 13.4. The molecule has 0 fully saturated rings. The Balaban J connectivity index is 2.54. The maximum absolute atomic E-state index is 13.4. The number of carboxylic acids is 1. The van der Waals surface area contributed by atoms with Crippen molar-refractivity contribution >= 4 is 5.97 Å². The number of hydrogen-bond acceptors (Lipinski definition) is 3. The van der Waals surface area contributed by atoms with Gasteiger partial charge < -0.3 is 14.6 Å². The number of hydrogen-bond donors (Lipinski definition) is 1. The van der Waals surface area contributed by atoms with Gasteiger partial charge in [-0.25, -0.2) is 9.18 Å². The largest absolute Gasteiger partial charge is 0.478 e. The molecule has 0 aliphatic carbocycles. The number of aromatic carboxylic acids is 1. The smallest absolute Gasteiger partial charge is 0.338 e. The van der Waals surface area contributed by atoms with Gasteiger partial charge in [0.05, 0.1) is 12.2 Å². The number of carboxylic acid groups (broad SMARTS) is 1. The van der Waals surface area contributed by atoms with Crippen LogP contribution < -0.4 is 4.74 Å². The number of fused-ring (bicyclic) bond motifs is 1. The summed E-state index contributed by atoms with van der Waals surface area (Å²) in [6.07, 6.45) is 0. The molecule has 0 atom stereocenters. The van der Waals surface area contributed by atoms with Crippen LogP contribution in [-0.2, 0) is 11.3 Å². The van der Waals surface area contributed by atoms with E-state index in [9.17, 15) is 9.18 Å². The molecule has 0 spiro atoms. The lowest BCUT2D eigenvalue weighted by Crippen LogP contribution is -2.14. The van der Waals surface area contributed by atoms with Crippen molar-refractivity contribution in [1.29, 1.82) is 0 Å². The predicted octanol–water partition coefficient (Wildman–Crippen LogP) is 1.39. The molecule has 4 nitrogen and oxygen atoms in total. The molecular weight excluding hydrogens is 191 g/mol. The summed E-state index contributed by atoms with van der Waals surface area (Å²) in [6.45, 7) is 0.194. The first-order valence-electron chi connectivity index (χ1n) is 3.95. The maximum Gasteiger partial charge on any atom is 0.338 e. The van der Waals surface area contributed by atoms with Crippen molar-refractivity contribution in [2.24, 2.45) is 0 Å². The van der Waals surface area contributed by atoms with E-state index in [4.69, 9.17) is 14.6 Å². The first-order valence-corrected chi connectivity index (χ1v) is 3.95.